The number of amides is 1. The fraction of sp³-hybridized carbons (Fsp3) is 0.214. The van der Waals surface area contributed by atoms with Gasteiger partial charge in [0.05, 0.1) is 24.3 Å². The van der Waals surface area contributed by atoms with Gasteiger partial charge in [-0.15, -0.1) is 0 Å². The number of esters is 1. The fourth-order valence-electron chi connectivity index (χ4n) is 4.65. The van der Waals surface area contributed by atoms with Gasteiger partial charge in [-0.1, -0.05) is 48.0 Å². The van der Waals surface area contributed by atoms with Crippen molar-refractivity contribution in [1.82, 2.24) is 9.47 Å². The first-order valence-electron chi connectivity index (χ1n) is 11.1. The SMILES string of the molecule is COC(=O)C1=C(C)N([C@H](C)c2ccccc2)C(=O)/C1=C\c1cc(C)n(-c2cccc(Cl)c2)c1C. The molecule has 4 rings (SSSR count). The van der Waals surface area contributed by atoms with Crippen molar-refractivity contribution in [2.75, 3.05) is 7.11 Å². The molecule has 0 fully saturated rings. The fourth-order valence-corrected chi connectivity index (χ4v) is 4.83. The second-order valence-corrected chi connectivity index (χ2v) is 8.85. The highest BCUT2D eigenvalue weighted by Gasteiger charge is 2.39. The van der Waals surface area contributed by atoms with Crippen LogP contribution < -0.4 is 0 Å². The number of aromatic nitrogens is 1. The van der Waals surface area contributed by atoms with E-state index in [0.717, 1.165) is 28.2 Å². The lowest BCUT2D eigenvalue weighted by molar-refractivity contribution is -0.136. The molecule has 174 valence electrons. The number of carbonyl (C=O) groups excluding carboxylic acids is 2. The molecule has 2 aromatic carbocycles. The van der Waals surface area contributed by atoms with Gasteiger partial charge in [-0.3, -0.25) is 4.79 Å². The molecule has 5 nitrogen and oxygen atoms in total. The summed E-state index contributed by atoms with van der Waals surface area (Å²) in [5.74, 6) is -0.745. The number of carbonyl (C=O) groups is 2. The number of ether oxygens (including phenoxy) is 1. The summed E-state index contributed by atoms with van der Waals surface area (Å²) in [4.78, 5) is 28.1. The molecule has 0 spiro atoms. The van der Waals surface area contributed by atoms with Gasteiger partial charge in [0, 0.05) is 27.8 Å². The van der Waals surface area contributed by atoms with E-state index in [-0.39, 0.29) is 11.9 Å². The van der Waals surface area contributed by atoms with Crippen LogP contribution in [0.4, 0.5) is 0 Å². The van der Waals surface area contributed by atoms with Gasteiger partial charge in [-0.25, -0.2) is 4.79 Å². The standard InChI is InChI=1S/C28H27ClN2O3/c1-17-14-22(19(3)30(17)24-13-9-12-23(29)16-24)15-25-26(28(33)34-5)20(4)31(27(25)32)18(2)21-10-7-6-8-11-21/h6-16,18H,1-5H3/b25-15-/t18-/m1/s1. The number of hydrogen-bond acceptors (Lipinski definition) is 3. The lowest BCUT2D eigenvalue weighted by Gasteiger charge is -2.26. The summed E-state index contributed by atoms with van der Waals surface area (Å²) >= 11 is 6.21. The van der Waals surface area contributed by atoms with Crippen LogP contribution in [0.25, 0.3) is 11.8 Å². The van der Waals surface area contributed by atoms with Crippen molar-refractivity contribution >= 4 is 29.6 Å². The van der Waals surface area contributed by atoms with E-state index in [1.165, 1.54) is 7.11 Å². The quantitative estimate of drug-likeness (QED) is 0.327. The Hall–Kier alpha value is -3.57. The van der Waals surface area contributed by atoms with E-state index in [1.54, 1.807) is 17.9 Å². The zero-order valence-electron chi connectivity index (χ0n) is 19.9. The Morgan fingerprint density at radius 3 is 2.38 bits per heavy atom. The molecule has 1 atom stereocenters. The van der Waals surface area contributed by atoms with Crippen LogP contribution >= 0.6 is 11.6 Å². The summed E-state index contributed by atoms with van der Waals surface area (Å²) in [6.45, 7) is 7.73. The van der Waals surface area contributed by atoms with Crippen LogP contribution in [-0.2, 0) is 14.3 Å². The first kappa shape index (κ1) is 23.6. The minimum absolute atomic E-state index is 0.221. The van der Waals surface area contributed by atoms with Crippen molar-refractivity contribution in [3.8, 4) is 5.69 Å². The van der Waals surface area contributed by atoms with Crippen LogP contribution in [0.15, 0.2) is 77.5 Å². The summed E-state index contributed by atoms with van der Waals surface area (Å²) in [6.07, 6.45) is 1.79. The van der Waals surface area contributed by atoms with Gasteiger partial charge in [-0.05, 0) is 69.2 Å². The molecule has 0 saturated heterocycles. The van der Waals surface area contributed by atoms with Crippen LogP contribution in [0.3, 0.4) is 0 Å². The molecule has 1 amide bonds. The Morgan fingerprint density at radius 1 is 1.03 bits per heavy atom. The maximum Gasteiger partial charge on any atom is 0.340 e. The third-order valence-corrected chi connectivity index (χ3v) is 6.57. The number of methoxy groups -OCH3 is 1. The number of hydrogen-bond donors (Lipinski definition) is 0. The summed E-state index contributed by atoms with van der Waals surface area (Å²) in [5, 5.41) is 0.646. The Morgan fingerprint density at radius 2 is 1.74 bits per heavy atom. The van der Waals surface area contributed by atoms with Gasteiger partial charge in [0.2, 0.25) is 0 Å². The smallest absolute Gasteiger partial charge is 0.340 e. The highest BCUT2D eigenvalue weighted by atomic mass is 35.5. The first-order valence-corrected chi connectivity index (χ1v) is 11.5. The molecule has 6 heteroatoms. The molecule has 1 aliphatic rings. The van der Waals surface area contributed by atoms with E-state index in [9.17, 15) is 9.59 Å². The van der Waals surface area contributed by atoms with Crippen molar-refractivity contribution < 1.29 is 14.3 Å². The van der Waals surface area contributed by atoms with Gasteiger partial charge >= 0.3 is 5.97 Å². The van der Waals surface area contributed by atoms with Crippen LogP contribution in [0.1, 0.15) is 42.4 Å². The Labute approximate surface area is 204 Å². The number of allylic oxidation sites excluding steroid dienone is 1. The molecular weight excluding hydrogens is 448 g/mol. The third-order valence-electron chi connectivity index (χ3n) is 6.34. The van der Waals surface area contributed by atoms with Gasteiger partial charge in [0.15, 0.2) is 0 Å². The zero-order valence-corrected chi connectivity index (χ0v) is 20.7. The van der Waals surface area contributed by atoms with Crippen LogP contribution in [0.2, 0.25) is 5.02 Å². The maximum atomic E-state index is 13.7. The van der Waals surface area contributed by atoms with Gasteiger partial charge in [0.25, 0.3) is 5.91 Å². The number of nitrogens with zero attached hydrogens (tertiary/aromatic N) is 2. The van der Waals surface area contributed by atoms with Crippen LogP contribution in [-0.4, -0.2) is 28.5 Å². The highest BCUT2D eigenvalue weighted by molar-refractivity contribution is 6.30. The molecule has 2 heterocycles. The molecule has 0 N–H and O–H groups in total. The van der Waals surface area contributed by atoms with E-state index in [2.05, 4.69) is 4.57 Å². The Balaban J connectivity index is 1.82. The number of aryl methyl sites for hydroxylation is 1. The molecule has 0 bridgehead atoms. The summed E-state index contributed by atoms with van der Waals surface area (Å²) in [7, 11) is 1.33. The molecular formula is C28H27ClN2O3. The van der Waals surface area contributed by atoms with Gasteiger partial charge in [0.1, 0.15) is 0 Å². The molecule has 1 aromatic heterocycles. The summed E-state index contributed by atoms with van der Waals surface area (Å²) in [5.41, 5.74) is 5.92. The van der Waals surface area contributed by atoms with Crippen molar-refractivity contribution in [2.24, 2.45) is 0 Å². The average molecular weight is 475 g/mol. The minimum atomic E-state index is -0.525. The van der Waals surface area contributed by atoms with Crippen molar-refractivity contribution in [3.05, 3.63) is 105 Å². The second kappa shape index (κ2) is 9.35. The topological polar surface area (TPSA) is 51.5 Å². The molecule has 0 radical (unpaired) electrons. The number of rotatable bonds is 5. The molecule has 0 aliphatic carbocycles. The Kier molecular flexibility index (Phi) is 6.49. The van der Waals surface area contributed by atoms with Crippen LogP contribution in [0, 0.1) is 13.8 Å². The van der Waals surface area contributed by atoms with E-state index >= 15 is 0 Å². The summed E-state index contributed by atoms with van der Waals surface area (Å²) < 4.78 is 7.14. The number of halogens is 1. The monoisotopic (exact) mass is 474 g/mol. The van der Waals surface area contributed by atoms with Crippen molar-refractivity contribution in [3.63, 3.8) is 0 Å². The molecule has 3 aromatic rings. The van der Waals surface area contributed by atoms with Gasteiger partial charge < -0.3 is 14.2 Å². The predicted molar refractivity (Wildman–Crippen MR) is 135 cm³/mol. The summed E-state index contributed by atoms with van der Waals surface area (Å²) in [6, 6.07) is 19.1. The van der Waals surface area contributed by atoms with E-state index in [1.807, 2.05) is 81.4 Å². The van der Waals surface area contributed by atoms with Crippen molar-refractivity contribution in [1.29, 1.82) is 0 Å². The maximum absolute atomic E-state index is 13.7. The number of benzene rings is 2. The molecule has 0 unspecified atom stereocenters. The molecule has 0 saturated carbocycles. The first-order chi connectivity index (χ1) is 16.2. The van der Waals surface area contributed by atoms with Crippen molar-refractivity contribution in [2.45, 2.75) is 33.7 Å². The van der Waals surface area contributed by atoms with Crippen LogP contribution in [0.5, 0.6) is 0 Å². The zero-order chi connectivity index (χ0) is 24.6. The lowest BCUT2D eigenvalue weighted by atomic mass is 10.0. The van der Waals surface area contributed by atoms with E-state index in [4.69, 9.17) is 16.3 Å². The highest BCUT2D eigenvalue weighted by Crippen LogP contribution is 2.38. The largest absolute Gasteiger partial charge is 0.465 e. The lowest BCUT2D eigenvalue weighted by Crippen LogP contribution is -2.28. The molecule has 1 aliphatic heterocycles. The normalized spacial score (nSPS) is 15.9. The van der Waals surface area contributed by atoms with E-state index < -0.39 is 5.97 Å². The van der Waals surface area contributed by atoms with Gasteiger partial charge in [-0.2, -0.15) is 0 Å². The van der Waals surface area contributed by atoms with E-state index in [0.29, 0.717) is 21.9 Å². The predicted octanol–water partition coefficient (Wildman–Crippen LogP) is 6.18. The minimum Gasteiger partial charge on any atom is -0.465 e. The average Bonchev–Trinajstić information content (AvgIpc) is 3.24. The Bertz CT molecular complexity index is 1330. The second-order valence-electron chi connectivity index (χ2n) is 8.41. The molecule has 34 heavy (non-hydrogen) atoms. The third kappa shape index (κ3) is 4.08.